The summed E-state index contributed by atoms with van der Waals surface area (Å²) in [5.74, 6) is -0.481. The first-order chi connectivity index (χ1) is 22.8. The number of hydrogen-bond acceptors (Lipinski definition) is 7. The lowest BCUT2D eigenvalue weighted by molar-refractivity contribution is -0.124. The number of carbonyl (C=O) groups is 1. The number of amides is 1. The first-order valence-electron chi connectivity index (χ1n) is 18.3. The Bertz CT molecular complexity index is 894. The number of aliphatic hydroxyl groups excluding tert-OH is 2. The van der Waals surface area contributed by atoms with Crippen LogP contribution >= 0.6 is 7.82 Å². The van der Waals surface area contributed by atoms with Gasteiger partial charge in [-0.15, -0.1) is 0 Å². The van der Waals surface area contributed by atoms with Gasteiger partial charge in [0.2, 0.25) is 5.91 Å². The van der Waals surface area contributed by atoms with Crippen molar-refractivity contribution in [2.75, 3.05) is 19.8 Å². The molecule has 4 unspecified atom stereocenters. The number of phosphoric ester groups is 1. The summed E-state index contributed by atoms with van der Waals surface area (Å²) in [6, 6.07) is -1.01. The predicted molar refractivity (Wildman–Crippen MR) is 195 cm³/mol. The Balaban J connectivity index is 4.61. The number of phosphoric acid groups is 1. The van der Waals surface area contributed by atoms with Gasteiger partial charge in [-0.1, -0.05) is 114 Å². The zero-order chi connectivity index (χ0) is 34.9. The molecule has 0 aromatic carbocycles. The Morgan fingerprint density at radius 3 is 1.79 bits per heavy atom. The Morgan fingerprint density at radius 1 is 0.723 bits per heavy atom. The summed E-state index contributed by atoms with van der Waals surface area (Å²) in [5.41, 5.74) is 5.33. The van der Waals surface area contributed by atoms with Gasteiger partial charge in [0.15, 0.2) is 0 Å². The first kappa shape index (κ1) is 45.4. The second-order valence-electron chi connectivity index (χ2n) is 12.2. The van der Waals surface area contributed by atoms with Gasteiger partial charge in [-0.05, 0) is 70.6 Å². The van der Waals surface area contributed by atoms with Crippen LogP contribution in [-0.2, 0) is 18.4 Å². The summed E-state index contributed by atoms with van der Waals surface area (Å²) in [4.78, 5) is 22.6. The van der Waals surface area contributed by atoms with E-state index in [2.05, 4.69) is 55.6 Å². The highest BCUT2D eigenvalue weighted by Gasteiger charge is 2.27. The van der Waals surface area contributed by atoms with Crippen LogP contribution in [0, 0.1) is 0 Å². The van der Waals surface area contributed by atoms with Gasteiger partial charge in [-0.3, -0.25) is 13.8 Å². The van der Waals surface area contributed by atoms with E-state index in [1.165, 1.54) is 64.2 Å². The van der Waals surface area contributed by atoms with E-state index >= 15 is 0 Å². The second-order valence-corrected chi connectivity index (χ2v) is 13.7. The van der Waals surface area contributed by atoms with Crippen LogP contribution in [0.5, 0.6) is 0 Å². The van der Waals surface area contributed by atoms with E-state index in [0.717, 1.165) is 44.9 Å². The van der Waals surface area contributed by atoms with Gasteiger partial charge in [-0.2, -0.15) is 0 Å². The number of carbonyl (C=O) groups excluding carboxylic acids is 1. The summed E-state index contributed by atoms with van der Waals surface area (Å²) in [6.45, 7) is 3.85. The minimum Gasteiger partial charge on any atom is -0.393 e. The number of hydrogen-bond donors (Lipinski definition) is 5. The van der Waals surface area contributed by atoms with Gasteiger partial charge in [0.25, 0.3) is 0 Å². The standard InChI is InChI=1S/C37H69N2O7P/c1-3-5-7-9-11-13-15-16-17-19-21-23-25-27-29-36(41)35(33-46-47(43,44)45-31-30-38)39-37(42)32-34(40)28-26-24-22-20-18-14-12-10-8-6-4-2/h13,15,19-22,27,29,34-36,40-41H,3-12,14,16-18,23-26,28,30-33,38H2,1-2H3,(H,39,42)(H,43,44)/b15-13+,21-19+,22-20-,29-27+. The highest BCUT2D eigenvalue weighted by atomic mass is 31.2. The highest BCUT2D eigenvalue weighted by Crippen LogP contribution is 2.43. The number of nitrogens with one attached hydrogen (secondary N) is 1. The average molecular weight is 685 g/mol. The second kappa shape index (κ2) is 32.9. The fourth-order valence-corrected chi connectivity index (χ4v) is 5.61. The van der Waals surface area contributed by atoms with Crippen molar-refractivity contribution in [3.8, 4) is 0 Å². The topological polar surface area (TPSA) is 151 Å². The molecule has 0 aliphatic rings. The fourth-order valence-electron chi connectivity index (χ4n) is 4.85. The molecule has 47 heavy (non-hydrogen) atoms. The molecule has 0 aliphatic carbocycles. The number of nitrogens with two attached hydrogens (primary N) is 1. The number of rotatable bonds is 33. The maximum Gasteiger partial charge on any atom is 0.472 e. The van der Waals surface area contributed by atoms with Crippen molar-refractivity contribution >= 4 is 13.7 Å². The maximum atomic E-state index is 12.7. The van der Waals surface area contributed by atoms with Gasteiger partial charge in [-0.25, -0.2) is 4.57 Å². The molecule has 0 aromatic rings. The van der Waals surface area contributed by atoms with Crippen LogP contribution in [0.25, 0.3) is 0 Å². The summed E-state index contributed by atoms with van der Waals surface area (Å²) < 4.78 is 21.9. The van der Waals surface area contributed by atoms with Crippen LogP contribution in [0.3, 0.4) is 0 Å². The Hall–Kier alpha value is -1.58. The molecular formula is C37H69N2O7P. The van der Waals surface area contributed by atoms with Gasteiger partial charge in [0.05, 0.1) is 37.9 Å². The minimum absolute atomic E-state index is 0.0382. The van der Waals surface area contributed by atoms with Gasteiger partial charge in [0, 0.05) is 6.54 Å². The maximum absolute atomic E-state index is 12.7. The predicted octanol–water partition coefficient (Wildman–Crippen LogP) is 8.35. The Morgan fingerprint density at radius 2 is 1.21 bits per heavy atom. The molecule has 4 atom stereocenters. The smallest absolute Gasteiger partial charge is 0.393 e. The van der Waals surface area contributed by atoms with Gasteiger partial charge in [0.1, 0.15) is 0 Å². The first-order valence-corrected chi connectivity index (χ1v) is 19.8. The lowest BCUT2D eigenvalue weighted by atomic mass is 10.1. The largest absolute Gasteiger partial charge is 0.472 e. The molecule has 0 aliphatic heterocycles. The third-order valence-electron chi connectivity index (χ3n) is 7.66. The molecule has 0 radical (unpaired) electrons. The van der Waals surface area contributed by atoms with Crippen LogP contribution < -0.4 is 11.1 Å². The van der Waals surface area contributed by atoms with Crippen molar-refractivity contribution in [2.24, 2.45) is 5.73 Å². The van der Waals surface area contributed by atoms with E-state index in [1.807, 2.05) is 6.08 Å². The fraction of sp³-hybridized carbons (Fsp3) is 0.757. The minimum atomic E-state index is -4.41. The van der Waals surface area contributed by atoms with Crippen LogP contribution in [-0.4, -0.2) is 59.0 Å². The van der Waals surface area contributed by atoms with E-state index in [-0.39, 0.29) is 19.6 Å². The SMILES string of the molecule is CCCCCC/C=C/CC/C=C/CC/C=C/C(O)C(COP(=O)(O)OCCN)NC(=O)CC(O)CCC/C=C\CCCCCCCC. The third kappa shape index (κ3) is 31.4. The van der Waals surface area contributed by atoms with Crippen molar-refractivity contribution in [1.29, 1.82) is 0 Å². The molecule has 1 amide bonds. The average Bonchev–Trinajstić information content (AvgIpc) is 3.04. The number of allylic oxidation sites excluding steroid dienone is 7. The van der Waals surface area contributed by atoms with Crippen molar-refractivity contribution in [3.05, 3.63) is 48.6 Å². The summed E-state index contributed by atoms with van der Waals surface area (Å²) in [6.07, 6.45) is 34.9. The summed E-state index contributed by atoms with van der Waals surface area (Å²) in [7, 11) is -4.41. The molecular weight excluding hydrogens is 615 g/mol. The van der Waals surface area contributed by atoms with E-state index < -0.39 is 38.6 Å². The zero-order valence-electron chi connectivity index (χ0n) is 29.6. The van der Waals surface area contributed by atoms with Crippen molar-refractivity contribution in [3.63, 3.8) is 0 Å². The van der Waals surface area contributed by atoms with E-state index in [0.29, 0.717) is 12.8 Å². The molecule has 9 nitrogen and oxygen atoms in total. The van der Waals surface area contributed by atoms with E-state index in [9.17, 15) is 24.5 Å². The van der Waals surface area contributed by atoms with Crippen LogP contribution in [0.2, 0.25) is 0 Å². The lowest BCUT2D eigenvalue weighted by Gasteiger charge is -2.24. The molecule has 0 bridgehead atoms. The molecule has 274 valence electrons. The van der Waals surface area contributed by atoms with E-state index in [4.69, 9.17) is 14.8 Å². The van der Waals surface area contributed by atoms with Crippen molar-refractivity contribution in [2.45, 2.75) is 161 Å². The van der Waals surface area contributed by atoms with Crippen LogP contribution in [0.1, 0.15) is 142 Å². The summed E-state index contributed by atoms with van der Waals surface area (Å²) in [5, 5.41) is 23.8. The summed E-state index contributed by atoms with van der Waals surface area (Å²) >= 11 is 0. The quantitative estimate of drug-likeness (QED) is 0.0263. The van der Waals surface area contributed by atoms with Gasteiger partial charge < -0.3 is 26.2 Å². The van der Waals surface area contributed by atoms with Crippen LogP contribution in [0.15, 0.2) is 48.6 Å². The van der Waals surface area contributed by atoms with Gasteiger partial charge >= 0.3 is 7.82 Å². The molecule has 0 rings (SSSR count). The zero-order valence-corrected chi connectivity index (χ0v) is 30.5. The number of aliphatic hydroxyl groups is 2. The normalized spacial score (nSPS) is 15.6. The molecule has 0 spiro atoms. The van der Waals surface area contributed by atoms with Crippen LogP contribution in [0.4, 0.5) is 0 Å². The molecule has 6 N–H and O–H groups in total. The third-order valence-corrected chi connectivity index (χ3v) is 8.64. The molecule has 10 heteroatoms. The van der Waals surface area contributed by atoms with E-state index in [1.54, 1.807) is 6.08 Å². The van der Waals surface area contributed by atoms with Crippen molar-refractivity contribution < 1.29 is 33.5 Å². The molecule has 0 fully saturated rings. The lowest BCUT2D eigenvalue weighted by Crippen LogP contribution is -2.46. The van der Waals surface area contributed by atoms with Crippen molar-refractivity contribution in [1.82, 2.24) is 5.32 Å². The molecule has 0 aromatic heterocycles. The highest BCUT2D eigenvalue weighted by molar-refractivity contribution is 7.47. The Labute approximate surface area is 286 Å². The molecule has 0 heterocycles. The molecule has 0 saturated heterocycles. The molecule has 0 saturated carbocycles. The Kier molecular flexibility index (Phi) is 31.8. The number of unbranched alkanes of at least 4 members (excludes halogenated alkanes) is 13. The monoisotopic (exact) mass is 684 g/mol.